The van der Waals surface area contributed by atoms with Gasteiger partial charge in [0.05, 0.1) is 11.9 Å². The van der Waals surface area contributed by atoms with E-state index in [4.69, 9.17) is 11.6 Å². The van der Waals surface area contributed by atoms with E-state index in [9.17, 15) is 13.2 Å². The minimum Gasteiger partial charge on any atom is -0.339 e. The number of sulfonamides is 1. The molecule has 1 aliphatic rings. The zero-order valence-electron chi connectivity index (χ0n) is 16.7. The van der Waals surface area contributed by atoms with Crippen LogP contribution in [0.15, 0.2) is 48.5 Å². The molecule has 1 aliphatic heterocycles. The van der Waals surface area contributed by atoms with Gasteiger partial charge in [-0.2, -0.15) is 0 Å². The fraction of sp³-hybridized carbons (Fsp3) is 0.381. The van der Waals surface area contributed by atoms with Crippen LogP contribution in [0.25, 0.3) is 0 Å². The second-order valence-electron chi connectivity index (χ2n) is 7.40. The first-order valence-electron chi connectivity index (χ1n) is 9.51. The summed E-state index contributed by atoms with van der Waals surface area (Å²) in [5.74, 6) is -0.203. The Kier molecular flexibility index (Phi) is 6.82. The molecular weight excluding hydrogens is 410 g/mol. The van der Waals surface area contributed by atoms with Gasteiger partial charge in [0.1, 0.15) is 6.54 Å². The molecule has 0 N–H and O–H groups in total. The van der Waals surface area contributed by atoms with Gasteiger partial charge in [-0.3, -0.25) is 14.0 Å². The third-order valence-corrected chi connectivity index (χ3v) is 6.36. The lowest BCUT2D eigenvalue weighted by Gasteiger charge is -2.36. The van der Waals surface area contributed by atoms with Crippen molar-refractivity contribution in [2.45, 2.75) is 13.5 Å². The van der Waals surface area contributed by atoms with Gasteiger partial charge in [0.2, 0.25) is 15.9 Å². The first-order valence-corrected chi connectivity index (χ1v) is 11.7. The SMILES string of the molecule is Cc1cccc(CN2CCN(C(=O)CN(c3cccc(Cl)c3)S(C)(=O)=O)CC2)c1. The first-order chi connectivity index (χ1) is 13.7. The number of halogens is 1. The summed E-state index contributed by atoms with van der Waals surface area (Å²) in [6, 6.07) is 14.9. The Balaban J connectivity index is 1.60. The number of nitrogens with zero attached hydrogens (tertiary/aromatic N) is 3. The molecule has 3 rings (SSSR count). The average molecular weight is 436 g/mol. The Labute approximate surface area is 177 Å². The molecule has 1 heterocycles. The van der Waals surface area contributed by atoms with Gasteiger partial charge in [-0.25, -0.2) is 8.42 Å². The van der Waals surface area contributed by atoms with Gasteiger partial charge >= 0.3 is 0 Å². The summed E-state index contributed by atoms with van der Waals surface area (Å²) in [6.45, 7) is 5.38. The number of carbonyl (C=O) groups excluding carboxylic acids is 1. The van der Waals surface area contributed by atoms with Gasteiger partial charge in [0, 0.05) is 37.7 Å². The van der Waals surface area contributed by atoms with Crippen molar-refractivity contribution in [1.29, 1.82) is 0 Å². The second-order valence-corrected chi connectivity index (χ2v) is 9.74. The van der Waals surface area contributed by atoms with E-state index in [-0.39, 0.29) is 12.5 Å². The molecule has 156 valence electrons. The van der Waals surface area contributed by atoms with E-state index in [1.165, 1.54) is 11.1 Å². The lowest BCUT2D eigenvalue weighted by Crippen LogP contribution is -2.51. The summed E-state index contributed by atoms with van der Waals surface area (Å²) in [5, 5.41) is 0.424. The van der Waals surface area contributed by atoms with E-state index in [2.05, 4.69) is 36.1 Å². The third kappa shape index (κ3) is 5.95. The third-order valence-electron chi connectivity index (χ3n) is 4.99. The Morgan fingerprint density at radius 2 is 1.76 bits per heavy atom. The van der Waals surface area contributed by atoms with Crippen LogP contribution in [-0.4, -0.2) is 63.1 Å². The fourth-order valence-corrected chi connectivity index (χ4v) is 4.50. The van der Waals surface area contributed by atoms with Crippen LogP contribution in [0.5, 0.6) is 0 Å². The second kappa shape index (κ2) is 9.15. The summed E-state index contributed by atoms with van der Waals surface area (Å²) in [7, 11) is -3.61. The standard InChI is InChI=1S/C21H26ClN3O3S/c1-17-5-3-6-18(13-17)15-23-9-11-24(12-10-23)21(26)16-25(29(2,27)28)20-8-4-7-19(22)14-20/h3-8,13-14H,9-12,15-16H2,1-2H3. The molecule has 8 heteroatoms. The zero-order chi connectivity index (χ0) is 21.0. The molecule has 0 spiro atoms. The number of benzene rings is 2. The number of carbonyl (C=O) groups is 1. The molecule has 0 saturated carbocycles. The highest BCUT2D eigenvalue weighted by atomic mass is 35.5. The Bertz CT molecular complexity index is 973. The number of hydrogen-bond donors (Lipinski definition) is 0. The molecular formula is C21H26ClN3O3S. The number of rotatable bonds is 6. The largest absolute Gasteiger partial charge is 0.339 e. The number of amides is 1. The molecule has 0 aliphatic carbocycles. The predicted molar refractivity (Wildman–Crippen MR) is 117 cm³/mol. The molecule has 1 saturated heterocycles. The van der Waals surface area contributed by atoms with Crippen molar-refractivity contribution < 1.29 is 13.2 Å². The van der Waals surface area contributed by atoms with E-state index in [0.717, 1.165) is 30.2 Å². The van der Waals surface area contributed by atoms with Crippen LogP contribution in [0.3, 0.4) is 0 Å². The van der Waals surface area contributed by atoms with Crippen molar-refractivity contribution in [3.63, 3.8) is 0 Å². The van der Waals surface area contributed by atoms with Crippen molar-refractivity contribution in [2.24, 2.45) is 0 Å². The number of hydrogen-bond acceptors (Lipinski definition) is 4. The van der Waals surface area contributed by atoms with Crippen LogP contribution < -0.4 is 4.31 Å². The summed E-state index contributed by atoms with van der Waals surface area (Å²) in [4.78, 5) is 16.8. The van der Waals surface area contributed by atoms with Gasteiger partial charge in [0.15, 0.2) is 0 Å². The van der Waals surface area contributed by atoms with Crippen LogP contribution in [0.1, 0.15) is 11.1 Å². The molecule has 2 aromatic rings. The van der Waals surface area contributed by atoms with Crippen LogP contribution in [0.4, 0.5) is 5.69 Å². The molecule has 29 heavy (non-hydrogen) atoms. The summed E-state index contributed by atoms with van der Waals surface area (Å²) in [5.41, 5.74) is 2.89. The quantitative estimate of drug-likeness (QED) is 0.700. The summed E-state index contributed by atoms with van der Waals surface area (Å²) < 4.78 is 25.6. The smallest absolute Gasteiger partial charge is 0.243 e. The van der Waals surface area contributed by atoms with Gasteiger partial charge in [-0.1, -0.05) is 47.5 Å². The first kappa shape index (κ1) is 21.6. The summed E-state index contributed by atoms with van der Waals surface area (Å²) >= 11 is 5.99. The molecule has 1 amide bonds. The molecule has 6 nitrogen and oxygen atoms in total. The van der Waals surface area contributed by atoms with Crippen LogP contribution in [-0.2, 0) is 21.4 Å². The van der Waals surface area contributed by atoms with Gasteiger partial charge < -0.3 is 4.90 Å². The number of anilines is 1. The number of piperazine rings is 1. The maximum absolute atomic E-state index is 12.8. The maximum atomic E-state index is 12.8. The van der Waals surface area contributed by atoms with E-state index in [0.29, 0.717) is 23.8 Å². The van der Waals surface area contributed by atoms with E-state index in [1.54, 1.807) is 29.2 Å². The molecule has 0 atom stereocenters. The maximum Gasteiger partial charge on any atom is 0.243 e. The van der Waals surface area contributed by atoms with Crippen LogP contribution in [0.2, 0.25) is 5.02 Å². The summed E-state index contributed by atoms with van der Waals surface area (Å²) in [6.07, 6.45) is 1.10. The predicted octanol–water partition coefficient (Wildman–Crippen LogP) is 2.76. The van der Waals surface area contributed by atoms with Crippen LogP contribution in [0, 0.1) is 6.92 Å². The molecule has 1 fully saturated rings. The Hall–Kier alpha value is -2.09. The van der Waals surface area contributed by atoms with Crippen molar-refractivity contribution in [3.05, 3.63) is 64.7 Å². The fourth-order valence-electron chi connectivity index (χ4n) is 3.48. The average Bonchev–Trinajstić information content (AvgIpc) is 2.65. The monoisotopic (exact) mass is 435 g/mol. The van der Waals surface area contributed by atoms with Crippen LogP contribution >= 0.6 is 11.6 Å². The normalized spacial score (nSPS) is 15.3. The van der Waals surface area contributed by atoms with E-state index < -0.39 is 10.0 Å². The van der Waals surface area contributed by atoms with Gasteiger partial charge in [-0.15, -0.1) is 0 Å². The highest BCUT2D eigenvalue weighted by Gasteiger charge is 2.26. The molecule has 0 aromatic heterocycles. The van der Waals surface area contributed by atoms with Gasteiger partial charge in [0.25, 0.3) is 0 Å². The van der Waals surface area contributed by atoms with E-state index >= 15 is 0 Å². The van der Waals surface area contributed by atoms with E-state index in [1.807, 2.05) is 0 Å². The topological polar surface area (TPSA) is 60.9 Å². The highest BCUT2D eigenvalue weighted by molar-refractivity contribution is 7.92. The molecule has 0 bridgehead atoms. The zero-order valence-corrected chi connectivity index (χ0v) is 18.3. The van der Waals surface area contributed by atoms with Gasteiger partial charge in [-0.05, 0) is 30.7 Å². The molecule has 0 radical (unpaired) electrons. The van der Waals surface area contributed by atoms with Crippen molar-refractivity contribution in [2.75, 3.05) is 43.3 Å². The number of aryl methyl sites for hydroxylation is 1. The van der Waals surface area contributed by atoms with Crippen molar-refractivity contribution in [1.82, 2.24) is 9.80 Å². The lowest BCUT2D eigenvalue weighted by atomic mass is 10.1. The Morgan fingerprint density at radius 3 is 2.38 bits per heavy atom. The minimum absolute atomic E-state index is 0.203. The Morgan fingerprint density at radius 1 is 1.07 bits per heavy atom. The lowest BCUT2D eigenvalue weighted by molar-refractivity contribution is -0.131. The molecule has 2 aromatic carbocycles. The molecule has 0 unspecified atom stereocenters. The highest BCUT2D eigenvalue weighted by Crippen LogP contribution is 2.22. The van der Waals surface area contributed by atoms with Crippen molar-refractivity contribution in [3.8, 4) is 0 Å². The van der Waals surface area contributed by atoms with Crippen molar-refractivity contribution >= 4 is 33.2 Å². The minimum atomic E-state index is -3.61.